The molecule has 4 rings (SSSR count). The molecule has 4 aromatic rings. The highest BCUT2D eigenvalue weighted by Crippen LogP contribution is 2.30. The fraction of sp³-hybridized carbons (Fsp3) is 0.154. The summed E-state index contributed by atoms with van der Waals surface area (Å²) < 4.78 is 34.5. The van der Waals surface area contributed by atoms with E-state index in [4.69, 9.17) is 22.1 Å². The van der Waals surface area contributed by atoms with Crippen LogP contribution in [0.2, 0.25) is 5.02 Å². The normalized spacial score (nSPS) is 12.0. The molecule has 3 aromatic heterocycles. The molecule has 0 aliphatic rings. The van der Waals surface area contributed by atoms with Crippen LogP contribution in [0.15, 0.2) is 71.0 Å². The van der Waals surface area contributed by atoms with Crippen molar-refractivity contribution in [2.45, 2.75) is 20.1 Å². The summed E-state index contributed by atoms with van der Waals surface area (Å²) in [5, 5.41) is 1.11. The van der Waals surface area contributed by atoms with Crippen molar-refractivity contribution in [3.05, 3.63) is 111 Å². The zero-order valence-electron chi connectivity index (χ0n) is 19.5. The highest BCUT2D eigenvalue weighted by atomic mass is 35.5. The molecule has 0 fully saturated rings. The van der Waals surface area contributed by atoms with Gasteiger partial charge in [0.1, 0.15) is 23.7 Å². The van der Waals surface area contributed by atoms with Gasteiger partial charge in [-0.2, -0.15) is 0 Å². The first kappa shape index (κ1) is 25.0. The number of allylic oxidation sites excluding steroid dienone is 1. The minimum absolute atomic E-state index is 0.00469. The number of halogens is 3. The third kappa shape index (κ3) is 5.11. The van der Waals surface area contributed by atoms with Gasteiger partial charge in [-0.25, -0.2) is 13.8 Å². The Morgan fingerprint density at radius 3 is 2.83 bits per heavy atom. The topological polar surface area (TPSA) is 95.4 Å². The van der Waals surface area contributed by atoms with Gasteiger partial charge in [-0.15, -0.1) is 0 Å². The van der Waals surface area contributed by atoms with Gasteiger partial charge >= 0.3 is 0 Å². The lowest BCUT2D eigenvalue weighted by molar-refractivity contribution is 0.307. The number of nitrogens with two attached hydrogens (primary N) is 1. The largest absolute Gasteiger partial charge is 0.487 e. The molecule has 10 heteroatoms. The smallest absolute Gasteiger partial charge is 0.287 e. The number of hydrogen-bond acceptors (Lipinski definition) is 6. The SMILES string of the molecule is CN=C(/C=C\N)c1cc(C)nc2c(OCc3c(Cl)cncc3Cn3cc(F)cc(F)c3=O)cccc12. The lowest BCUT2D eigenvalue weighted by Crippen LogP contribution is -2.24. The van der Waals surface area contributed by atoms with E-state index in [0.29, 0.717) is 34.2 Å². The van der Waals surface area contributed by atoms with Crippen LogP contribution < -0.4 is 16.0 Å². The molecule has 36 heavy (non-hydrogen) atoms. The minimum Gasteiger partial charge on any atom is -0.487 e. The molecule has 2 N–H and O–H groups in total. The van der Waals surface area contributed by atoms with E-state index < -0.39 is 17.2 Å². The van der Waals surface area contributed by atoms with Crippen LogP contribution in [0.4, 0.5) is 8.78 Å². The Kier molecular flexibility index (Phi) is 7.40. The Balaban J connectivity index is 1.72. The second-order valence-electron chi connectivity index (χ2n) is 7.92. The van der Waals surface area contributed by atoms with Crippen LogP contribution in [0.3, 0.4) is 0 Å². The number of nitrogens with zero attached hydrogens (tertiary/aromatic N) is 4. The van der Waals surface area contributed by atoms with Gasteiger partial charge in [-0.3, -0.25) is 14.8 Å². The van der Waals surface area contributed by atoms with Crippen LogP contribution in [0.25, 0.3) is 10.9 Å². The molecule has 1 aromatic carbocycles. The first-order chi connectivity index (χ1) is 17.3. The van der Waals surface area contributed by atoms with Crippen molar-refractivity contribution in [2.75, 3.05) is 7.05 Å². The number of hydrogen-bond donors (Lipinski definition) is 1. The van der Waals surface area contributed by atoms with Crippen molar-refractivity contribution in [3.63, 3.8) is 0 Å². The first-order valence-electron chi connectivity index (χ1n) is 10.9. The molecule has 0 amide bonds. The Morgan fingerprint density at radius 2 is 2.08 bits per heavy atom. The molecule has 0 saturated heterocycles. The molecule has 184 valence electrons. The van der Waals surface area contributed by atoms with Crippen molar-refractivity contribution in [3.8, 4) is 5.75 Å². The second-order valence-corrected chi connectivity index (χ2v) is 8.33. The Bertz CT molecular complexity index is 1570. The number of aromatic nitrogens is 3. The van der Waals surface area contributed by atoms with Gasteiger partial charge in [-0.05, 0) is 36.9 Å². The zero-order chi connectivity index (χ0) is 25.8. The van der Waals surface area contributed by atoms with E-state index in [1.54, 1.807) is 19.2 Å². The van der Waals surface area contributed by atoms with E-state index in [2.05, 4.69) is 15.0 Å². The maximum atomic E-state index is 13.8. The monoisotopic (exact) mass is 509 g/mol. The molecule has 0 spiro atoms. The molecule has 0 aliphatic heterocycles. The molecule has 0 bridgehead atoms. The maximum absolute atomic E-state index is 13.8. The van der Waals surface area contributed by atoms with Crippen molar-refractivity contribution in [1.82, 2.24) is 14.5 Å². The molecule has 3 heterocycles. The summed E-state index contributed by atoms with van der Waals surface area (Å²) in [6.45, 7) is 1.73. The maximum Gasteiger partial charge on any atom is 0.287 e. The number of para-hydroxylation sites is 1. The van der Waals surface area contributed by atoms with E-state index in [1.165, 1.54) is 18.6 Å². The van der Waals surface area contributed by atoms with Crippen molar-refractivity contribution < 1.29 is 13.5 Å². The summed E-state index contributed by atoms with van der Waals surface area (Å²) in [6, 6.07) is 7.99. The van der Waals surface area contributed by atoms with Gasteiger partial charge in [0.25, 0.3) is 5.56 Å². The molecule has 0 unspecified atom stereocenters. The predicted octanol–water partition coefficient (Wildman–Crippen LogP) is 4.55. The highest BCUT2D eigenvalue weighted by Gasteiger charge is 2.15. The van der Waals surface area contributed by atoms with Gasteiger partial charge in [0.05, 0.1) is 17.3 Å². The molecular formula is C26H22ClF2N5O2. The van der Waals surface area contributed by atoms with Crippen LogP contribution in [0.5, 0.6) is 5.75 Å². The standard InChI is InChI=1S/C26H22ClF2N5O2/c1-15-8-19(23(31-2)6-7-30)18-4-3-5-24(25(18)33-15)36-14-20-16(10-32-11-21(20)27)12-34-13-17(28)9-22(29)26(34)35/h3-11,13H,12,14,30H2,1-2H3/b7-6-,31-23?. The summed E-state index contributed by atoms with van der Waals surface area (Å²) in [4.78, 5) is 25.2. The summed E-state index contributed by atoms with van der Waals surface area (Å²) in [6.07, 6.45) is 6.98. The van der Waals surface area contributed by atoms with Crippen molar-refractivity contribution in [2.24, 2.45) is 10.7 Å². The van der Waals surface area contributed by atoms with Crippen LogP contribution in [0.1, 0.15) is 22.4 Å². The predicted molar refractivity (Wildman–Crippen MR) is 136 cm³/mol. The fourth-order valence-electron chi connectivity index (χ4n) is 3.87. The van der Waals surface area contributed by atoms with Crippen molar-refractivity contribution >= 4 is 28.2 Å². The van der Waals surface area contributed by atoms with Gasteiger partial charge in [0.15, 0.2) is 5.82 Å². The summed E-state index contributed by atoms with van der Waals surface area (Å²) in [5.41, 5.74) is 8.56. The molecule has 7 nitrogen and oxygen atoms in total. The van der Waals surface area contributed by atoms with Gasteiger partial charge in [0.2, 0.25) is 0 Å². The van der Waals surface area contributed by atoms with Gasteiger partial charge < -0.3 is 15.0 Å². The molecule has 0 saturated carbocycles. The molecule has 0 atom stereocenters. The fourth-order valence-corrected chi connectivity index (χ4v) is 4.10. The number of fused-ring (bicyclic) bond motifs is 1. The average Bonchev–Trinajstić information content (AvgIpc) is 2.85. The minimum atomic E-state index is -1.18. The third-order valence-electron chi connectivity index (χ3n) is 5.52. The zero-order valence-corrected chi connectivity index (χ0v) is 20.3. The average molecular weight is 510 g/mol. The number of aryl methyl sites for hydroxylation is 1. The van der Waals surface area contributed by atoms with Crippen LogP contribution in [-0.2, 0) is 13.2 Å². The number of ether oxygens (including phenoxy) is 1. The summed E-state index contributed by atoms with van der Waals surface area (Å²) in [7, 11) is 1.68. The summed E-state index contributed by atoms with van der Waals surface area (Å²) >= 11 is 6.40. The van der Waals surface area contributed by atoms with Gasteiger partial charge in [-0.1, -0.05) is 23.7 Å². The van der Waals surface area contributed by atoms with Crippen LogP contribution in [-0.4, -0.2) is 27.3 Å². The van der Waals surface area contributed by atoms with E-state index >= 15 is 0 Å². The Hall–Kier alpha value is -4.11. The third-order valence-corrected chi connectivity index (χ3v) is 5.84. The molecule has 0 radical (unpaired) electrons. The number of pyridine rings is 3. The molecular weight excluding hydrogens is 488 g/mol. The van der Waals surface area contributed by atoms with E-state index in [0.717, 1.165) is 27.4 Å². The quantitative estimate of drug-likeness (QED) is 0.369. The summed E-state index contributed by atoms with van der Waals surface area (Å²) in [5.74, 6) is -1.56. The number of benzene rings is 1. The van der Waals surface area contributed by atoms with E-state index in [-0.39, 0.29) is 18.2 Å². The van der Waals surface area contributed by atoms with E-state index in [1.807, 2.05) is 25.1 Å². The lowest BCUT2D eigenvalue weighted by Gasteiger charge is -2.15. The Morgan fingerprint density at radius 1 is 1.28 bits per heavy atom. The Labute approximate surface area is 210 Å². The second kappa shape index (κ2) is 10.7. The molecule has 0 aliphatic carbocycles. The highest BCUT2D eigenvalue weighted by molar-refractivity contribution is 6.31. The number of rotatable bonds is 7. The van der Waals surface area contributed by atoms with E-state index in [9.17, 15) is 13.6 Å². The van der Waals surface area contributed by atoms with Crippen molar-refractivity contribution in [1.29, 1.82) is 0 Å². The number of aliphatic imine (C=N–C) groups is 1. The lowest BCUT2D eigenvalue weighted by atomic mass is 10.0. The van der Waals surface area contributed by atoms with Crippen LogP contribution in [0, 0.1) is 18.6 Å². The van der Waals surface area contributed by atoms with Gasteiger partial charge in [0, 0.05) is 53.9 Å². The first-order valence-corrected chi connectivity index (χ1v) is 11.3. The van der Waals surface area contributed by atoms with Crippen LogP contribution >= 0.6 is 11.6 Å².